The molecular weight excluding hydrogens is 366 g/mol. The number of nitro groups is 1. The molecule has 0 spiro atoms. The number of benzene rings is 1. The standard InChI is InChI=1S/C12H13Br2NO3/c1-12(2)10(14)6-11(12)18-9-4-7(13)3-8(5-9)15(16)17/h3-5,10-11H,6H2,1-2H3. The van der Waals surface area contributed by atoms with Crippen LogP contribution in [-0.2, 0) is 0 Å². The monoisotopic (exact) mass is 377 g/mol. The number of nitro benzene ring substituents is 1. The van der Waals surface area contributed by atoms with Crippen molar-refractivity contribution in [3.05, 3.63) is 32.8 Å². The van der Waals surface area contributed by atoms with Crippen LogP contribution in [0.15, 0.2) is 22.7 Å². The summed E-state index contributed by atoms with van der Waals surface area (Å²) in [5.74, 6) is 0.536. The molecule has 2 atom stereocenters. The van der Waals surface area contributed by atoms with Crippen LogP contribution in [0.4, 0.5) is 5.69 Å². The van der Waals surface area contributed by atoms with Gasteiger partial charge in [0.05, 0.1) is 11.0 Å². The normalized spacial score (nSPS) is 25.3. The average Bonchev–Trinajstić information content (AvgIpc) is 2.28. The van der Waals surface area contributed by atoms with E-state index in [0.29, 0.717) is 15.0 Å². The van der Waals surface area contributed by atoms with E-state index in [9.17, 15) is 10.1 Å². The largest absolute Gasteiger partial charge is 0.489 e. The van der Waals surface area contributed by atoms with E-state index in [0.717, 1.165) is 6.42 Å². The van der Waals surface area contributed by atoms with Gasteiger partial charge in [0, 0.05) is 20.8 Å². The van der Waals surface area contributed by atoms with Gasteiger partial charge in [-0.2, -0.15) is 0 Å². The summed E-state index contributed by atoms with van der Waals surface area (Å²) in [5.41, 5.74) is 0.0730. The molecule has 1 aliphatic carbocycles. The molecule has 1 saturated carbocycles. The molecule has 0 radical (unpaired) electrons. The van der Waals surface area contributed by atoms with Gasteiger partial charge in [0.2, 0.25) is 0 Å². The zero-order chi connectivity index (χ0) is 13.5. The third-order valence-corrected chi connectivity index (χ3v) is 5.42. The van der Waals surface area contributed by atoms with Crippen molar-refractivity contribution in [1.82, 2.24) is 0 Å². The lowest BCUT2D eigenvalue weighted by molar-refractivity contribution is -0.385. The fourth-order valence-electron chi connectivity index (χ4n) is 1.92. The lowest BCUT2D eigenvalue weighted by Gasteiger charge is -2.48. The van der Waals surface area contributed by atoms with Gasteiger partial charge in [-0.15, -0.1) is 0 Å². The summed E-state index contributed by atoms with van der Waals surface area (Å²) in [6, 6.07) is 4.68. The Morgan fingerprint density at radius 1 is 1.44 bits per heavy atom. The molecule has 98 valence electrons. The van der Waals surface area contributed by atoms with Crippen LogP contribution >= 0.6 is 31.9 Å². The van der Waals surface area contributed by atoms with Crippen LogP contribution in [0.5, 0.6) is 5.75 Å². The summed E-state index contributed by atoms with van der Waals surface area (Å²) in [4.78, 5) is 10.8. The Morgan fingerprint density at radius 2 is 2.11 bits per heavy atom. The maximum atomic E-state index is 10.8. The SMILES string of the molecule is CC1(C)C(Br)CC1Oc1cc(Br)cc([N+](=O)[O-])c1. The molecule has 0 amide bonds. The second kappa shape index (κ2) is 4.81. The molecule has 0 heterocycles. The van der Waals surface area contributed by atoms with Gasteiger partial charge in [-0.3, -0.25) is 10.1 Å². The summed E-state index contributed by atoms with van der Waals surface area (Å²) in [5, 5.41) is 10.8. The van der Waals surface area contributed by atoms with Crippen molar-refractivity contribution in [1.29, 1.82) is 0 Å². The number of halogens is 2. The number of alkyl halides is 1. The van der Waals surface area contributed by atoms with Crippen molar-refractivity contribution in [3.8, 4) is 5.75 Å². The van der Waals surface area contributed by atoms with Crippen LogP contribution in [-0.4, -0.2) is 15.9 Å². The number of hydrogen-bond donors (Lipinski definition) is 0. The number of nitrogens with zero attached hydrogens (tertiary/aromatic N) is 1. The van der Waals surface area contributed by atoms with Crippen LogP contribution in [0.1, 0.15) is 20.3 Å². The zero-order valence-corrected chi connectivity index (χ0v) is 13.2. The van der Waals surface area contributed by atoms with E-state index in [1.54, 1.807) is 6.07 Å². The molecule has 0 saturated heterocycles. The molecular formula is C12H13Br2NO3. The van der Waals surface area contributed by atoms with Crippen molar-refractivity contribution in [3.63, 3.8) is 0 Å². The Bertz CT molecular complexity index is 490. The average molecular weight is 379 g/mol. The molecule has 18 heavy (non-hydrogen) atoms. The second-order valence-corrected chi connectivity index (χ2v) is 7.05. The highest BCUT2D eigenvalue weighted by atomic mass is 79.9. The minimum atomic E-state index is -0.420. The fraction of sp³-hybridized carbons (Fsp3) is 0.500. The van der Waals surface area contributed by atoms with E-state index in [2.05, 4.69) is 45.7 Å². The maximum Gasteiger partial charge on any atom is 0.274 e. The van der Waals surface area contributed by atoms with Crippen LogP contribution in [0.25, 0.3) is 0 Å². The molecule has 6 heteroatoms. The summed E-state index contributed by atoms with van der Waals surface area (Å²) < 4.78 is 6.50. The van der Waals surface area contributed by atoms with Gasteiger partial charge < -0.3 is 4.74 Å². The van der Waals surface area contributed by atoms with Gasteiger partial charge in [0.15, 0.2) is 0 Å². The summed E-state index contributed by atoms with van der Waals surface area (Å²) in [6.45, 7) is 4.24. The van der Waals surface area contributed by atoms with Crippen molar-refractivity contribution in [2.75, 3.05) is 0 Å². The van der Waals surface area contributed by atoms with Gasteiger partial charge in [-0.25, -0.2) is 0 Å². The second-order valence-electron chi connectivity index (χ2n) is 5.03. The van der Waals surface area contributed by atoms with Crippen LogP contribution in [0, 0.1) is 15.5 Å². The molecule has 2 rings (SSSR count). The van der Waals surface area contributed by atoms with E-state index < -0.39 is 4.92 Å². The lowest BCUT2D eigenvalue weighted by atomic mass is 9.69. The molecule has 1 aliphatic rings. The van der Waals surface area contributed by atoms with Crippen molar-refractivity contribution in [2.24, 2.45) is 5.41 Å². The van der Waals surface area contributed by atoms with Crippen LogP contribution in [0.3, 0.4) is 0 Å². The lowest BCUT2D eigenvalue weighted by Crippen LogP contribution is -2.53. The van der Waals surface area contributed by atoms with Crippen LogP contribution in [0.2, 0.25) is 0 Å². The van der Waals surface area contributed by atoms with Gasteiger partial charge >= 0.3 is 0 Å². The van der Waals surface area contributed by atoms with Crippen LogP contribution < -0.4 is 4.74 Å². The van der Waals surface area contributed by atoms with E-state index in [1.807, 2.05) is 0 Å². The van der Waals surface area contributed by atoms with Crippen molar-refractivity contribution < 1.29 is 9.66 Å². The maximum absolute atomic E-state index is 10.8. The van der Waals surface area contributed by atoms with Gasteiger partial charge in [0.25, 0.3) is 5.69 Å². The first-order valence-corrected chi connectivity index (χ1v) is 7.27. The first kappa shape index (κ1) is 13.8. The Hall–Kier alpha value is -0.620. The van der Waals surface area contributed by atoms with Gasteiger partial charge in [-0.05, 0) is 12.5 Å². The van der Waals surface area contributed by atoms with E-state index in [-0.39, 0.29) is 17.2 Å². The van der Waals surface area contributed by atoms with Gasteiger partial charge in [-0.1, -0.05) is 45.7 Å². The Labute approximate surface area is 122 Å². The highest BCUT2D eigenvalue weighted by molar-refractivity contribution is 9.10. The Morgan fingerprint density at radius 3 is 2.61 bits per heavy atom. The topological polar surface area (TPSA) is 52.4 Å². The molecule has 4 nitrogen and oxygen atoms in total. The van der Waals surface area contributed by atoms with Gasteiger partial charge in [0.1, 0.15) is 11.9 Å². The number of hydrogen-bond acceptors (Lipinski definition) is 3. The summed E-state index contributed by atoms with van der Waals surface area (Å²) in [6.07, 6.45) is 0.989. The number of ether oxygens (including phenoxy) is 1. The predicted octanol–water partition coefficient (Wildman–Crippen LogP) is 4.30. The first-order valence-electron chi connectivity index (χ1n) is 5.56. The zero-order valence-electron chi connectivity index (χ0n) is 10.0. The van der Waals surface area contributed by atoms with E-state index >= 15 is 0 Å². The minimum Gasteiger partial charge on any atom is -0.489 e. The highest BCUT2D eigenvalue weighted by Crippen LogP contribution is 2.47. The molecule has 0 N–H and O–H groups in total. The molecule has 0 aromatic heterocycles. The summed E-state index contributed by atoms with van der Waals surface area (Å²) in [7, 11) is 0. The number of rotatable bonds is 3. The Kier molecular flexibility index (Phi) is 3.69. The third kappa shape index (κ3) is 2.54. The quantitative estimate of drug-likeness (QED) is 0.447. The van der Waals surface area contributed by atoms with Crippen molar-refractivity contribution >= 4 is 37.5 Å². The van der Waals surface area contributed by atoms with Crippen molar-refractivity contribution in [2.45, 2.75) is 31.2 Å². The molecule has 1 aromatic rings. The molecule has 2 unspecified atom stereocenters. The first-order chi connectivity index (χ1) is 8.30. The minimum absolute atomic E-state index is 0.0342. The van der Waals surface area contributed by atoms with E-state index in [1.165, 1.54) is 12.1 Å². The number of non-ortho nitro benzene ring substituents is 1. The molecule has 1 fully saturated rings. The molecule has 0 aliphatic heterocycles. The Balaban J connectivity index is 2.18. The molecule has 0 bridgehead atoms. The fourth-order valence-corrected chi connectivity index (χ4v) is 3.02. The summed E-state index contributed by atoms with van der Waals surface area (Å²) >= 11 is 6.85. The molecule has 1 aromatic carbocycles. The van der Waals surface area contributed by atoms with E-state index in [4.69, 9.17) is 4.74 Å². The predicted molar refractivity (Wildman–Crippen MR) is 76.3 cm³/mol. The highest BCUT2D eigenvalue weighted by Gasteiger charge is 2.48. The third-order valence-electron chi connectivity index (χ3n) is 3.40. The smallest absolute Gasteiger partial charge is 0.274 e.